The Morgan fingerprint density at radius 3 is 2.62 bits per heavy atom. The van der Waals surface area contributed by atoms with Gasteiger partial charge in [0.2, 0.25) is 0 Å². The van der Waals surface area contributed by atoms with Crippen molar-refractivity contribution in [1.29, 1.82) is 0 Å². The van der Waals surface area contributed by atoms with Crippen LogP contribution in [0.25, 0.3) is 0 Å². The highest BCUT2D eigenvalue weighted by Gasteiger charge is 2.41. The molecule has 5 rings (SSSR count). The summed E-state index contributed by atoms with van der Waals surface area (Å²) in [6.45, 7) is -0.452. The summed E-state index contributed by atoms with van der Waals surface area (Å²) in [5, 5.41) is 2.58. The number of carbonyl (C=O) groups excluding carboxylic acids is 3. The number of carbonyl (C=O) groups is 3. The van der Waals surface area contributed by atoms with Crippen LogP contribution < -0.4 is 15.5 Å². The molecule has 2 aliphatic rings. The lowest BCUT2D eigenvalue weighted by molar-refractivity contribution is -0.157. The number of nitrogens with zero attached hydrogens (tertiary/aromatic N) is 2. The van der Waals surface area contributed by atoms with Gasteiger partial charge in [0.15, 0.2) is 0 Å². The van der Waals surface area contributed by atoms with Gasteiger partial charge in [-0.1, -0.05) is 30.3 Å². The highest BCUT2D eigenvalue weighted by atomic mass is 31.2. The third-order valence-electron chi connectivity index (χ3n) is 5.92. The number of anilines is 1. The standard InChI is InChI=1S/C26H24N3O10P/c1-34-15-23(30)37-19-13-22(29-12-11-21(28-26(29)33)27-24(31)16-7-3-2-4-8-16)36-20(19)14-35-40-38-18-10-6-5-9-17(18)25(32)39-40/h2-12,19-20,22H,13-15H2,1H3,(H,27,28,31,33)/t19-,20+,22+,40?/m0/s1. The highest BCUT2D eigenvalue weighted by Crippen LogP contribution is 2.47. The summed E-state index contributed by atoms with van der Waals surface area (Å²) in [5.74, 6) is -1.24. The first-order valence-corrected chi connectivity index (χ1v) is 13.2. The third kappa shape index (κ3) is 6.35. The minimum absolute atomic E-state index is 0.0652. The molecule has 0 saturated carbocycles. The number of hydrogen-bond donors (Lipinski definition) is 1. The van der Waals surface area contributed by atoms with E-state index in [9.17, 15) is 19.2 Å². The van der Waals surface area contributed by atoms with E-state index < -0.39 is 50.6 Å². The van der Waals surface area contributed by atoms with Crippen molar-refractivity contribution in [3.8, 4) is 5.75 Å². The van der Waals surface area contributed by atoms with Crippen molar-refractivity contribution in [3.05, 3.63) is 88.5 Å². The fraction of sp³-hybridized carbons (Fsp3) is 0.269. The first-order valence-electron chi connectivity index (χ1n) is 12.1. The fourth-order valence-electron chi connectivity index (χ4n) is 4.06. The van der Waals surface area contributed by atoms with Gasteiger partial charge >= 0.3 is 26.2 Å². The van der Waals surface area contributed by atoms with Crippen molar-refractivity contribution >= 4 is 32.3 Å². The van der Waals surface area contributed by atoms with Gasteiger partial charge in [0.25, 0.3) is 5.91 Å². The summed E-state index contributed by atoms with van der Waals surface area (Å²) in [7, 11) is -0.727. The number of nitrogens with one attached hydrogen (secondary N) is 1. The Morgan fingerprint density at radius 1 is 1.07 bits per heavy atom. The second kappa shape index (κ2) is 12.3. The summed E-state index contributed by atoms with van der Waals surface area (Å²) in [6, 6.07) is 16.5. The largest absolute Gasteiger partial charge is 0.465 e. The minimum Gasteiger partial charge on any atom is -0.458 e. The van der Waals surface area contributed by atoms with Crippen LogP contribution in [0.4, 0.5) is 5.82 Å². The van der Waals surface area contributed by atoms with Crippen LogP contribution in [-0.4, -0.2) is 59.9 Å². The van der Waals surface area contributed by atoms with Crippen molar-refractivity contribution in [1.82, 2.24) is 9.55 Å². The number of ether oxygens (including phenoxy) is 3. The second-order valence-electron chi connectivity index (χ2n) is 8.63. The molecule has 3 heterocycles. The summed E-state index contributed by atoms with van der Waals surface area (Å²) >= 11 is 0. The SMILES string of the molecule is COCC(=O)O[C@H]1C[C@H](n2ccc(NC(=O)c3ccccc3)nc2=O)O[C@@H]1COP1OC(=O)c2ccccc2O1. The van der Waals surface area contributed by atoms with Crippen LogP contribution in [0.2, 0.25) is 0 Å². The number of methoxy groups -OCH3 is 1. The summed E-state index contributed by atoms with van der Waals surface area (Å²) in [4.78, 5) is 53.6. The normalized spacial score (nSPS) is 21.6. The topological polar surface area (TPSA) is 154 Å². The molecular formula is C26H24N3O10P. The molecule has 0 aliphatic carbocycles. The fourth-order valence-corrected chi connectivity index (χ4v) is 5.03. The van der Waals surface area contributed by atoms with Crippen LogP contribution in [0.3, 0.4) is 0 Å². The number of aromatic nitrogens is 2. The van der Waals surface area contributed by atoms with E-state index in [0.29, 0.717) is 11.3 Å². The zero-order valence-corrected chi connectivity index (χ0v) is 22.0. The first kappa shape index (κ1) is 27.4. The zero-order valence-electron chi connectivity index (χ0n) is 21.1. The van der Waals surface area contributed by atoms with Gasteiger partial charge in [0, 0.05) is 25.3 Å². The summed E-state index contributed by atoms with van der Waals surface area (Å²) in [6.07, 6.45) is -0.999. The molecule has 40 heavy (non-hydrogen) atoms. The number of amides is 1. The number of hydrogen-bond acceptors (Lipinski definition) is 11. The van der Waals surface area contributed by atoms with Crippen LogP contribution in [0, 0.1) is 0 Å². The smallest absolute Gasteiger partial charge is 0.458 e. The monoisotopic (exact) mass is 569 g/mol. The Bertz CT molecular complexity index is 1450. The van der Waals surface area contributed by atoms with Crippen molar-refractivity contribution in [3.63, 3.8) is 0 Å². The number of fused-ring (bicyclic) bond motifs is 1. The van der Waals surface area contributed by atoms with Gasteiger partial charge < -0.3 is 28.6 Å². The average Bonchev–Trinajstić information content (AvgIpc) is 3.34. The summed E-state index contributed by atoms with van der Waals surface area (Å²) < 4.78 is 34.1. The quantitative estimate of drug-likeness (QED) is 0.299. The van der Waals surface area contributed by atoms with Gasteiger partial charge in [-0.2, -0.15) is 4.98 Å². The molecule has 4 atom stereocenters. The maximum atomic E-state index is 12.8. The lowest BCUT2D eigenvalue weighted by Crippen LogP contribution is -2.32. The lowest BCUT2D eigenvalue weighted by Gasteiger charge is -2.24. The molecule has 2 aliphatic heterocycles. The van der Waals surface area contributed by atoms with Crippen molar-refractivity contribution in [2.45, 2.75) is 24.9 Å². The van der Waals surface area contributed by atoms with Gasteiger partial charge in [-0.3, -0.25) is 13.9 Å². The number of esters is 1. The molecule has 14 heteroatoms. The Kier molecular flexibility index (Phi) is 8.46. The van der Waals surface area contributed by atoms with Crippen LogP contribution >= 0.6 is 8.60 Å². The molecule has 3 aromatic rings. The Morgan fingerprint density at radius 2 is 1.85 bits per heavy atom. The van der Waals surface area contributed by atoms with Crippen LogP contribution in [0.5, 0.6) is 5.75 Å². The molecule has 2 aromatic carbocycles. The van der Waals surface area contributed by atoms with E-state index in [0.717, 1.165) is 0 Å². The van der Waals surface area contributed by atoms with E-state index >= 15 is 0 Å². The van der Waals surface area contributed by atoms with E-state index in [1.54, 1.807) is 54.6 Å². The highest BCUT2D eigenvalue weighted by molar-refractivity contribution is 7.43. The predicted octanol–water partition coefficient (Wildman–Crippen LogP) is 2.83. The second-order valence-corrected chi connectivity index (χ2v) is 9.71. The van der Waals surface area contributed by atoms with Gasteiger partial charge in [-0.05, 0) is 30.3 Å². The van der Waals surface area contributed by atoms with Crippen LogP contribution in [0.15, 0.2) is 71.7 Å². The Hall–Kier alpha value is -4.16. The molecule has 0 radical (unpaired) electrons. The van der Waals surface area contributed by atoms with Crippen molar-refractivity contribution in [2.24, 2.45) is 0 Å². The molecule has 1 saturated heterocycles. The zero-order chi connectivity index (χ0) is 28.1. The van der Waals surface area contributed by atoms with E-state index in [1.165, 1.54) is 23.9 Å². The molecular weight excluding hydrogens is 545 g/mol. The molecule has 1 amide bonds. The van der Waals surface area contributed by atoms with Gasteiger partial charge in [-0.25, -0.2) is 14.4 Å². The van der Waals surface area contributed by atoms with Crippen molar-refractivity contribution < 1.29 is 42.2 Å². The van der Waals surface area contributed by atoms with Gasteiger partial charge in [0.05, 0.1) is 6.61 Å². The molecule has 0 spiro atoms. The van der Waals surface area contributed by atoms with Crippen molar-refractivity contribution in [2.75, 3.05) is 25.6 Å². The Labute approximate surface area is 228 Å². The number of rotatable bonds is 9. The van der Waals surface area contributed by atoms with E-state index in [1.807, 2.05) is 0 Å². The van der Waals surface area contributed by atoms with E-state index in [4.69, 9.17) is 27.8 Å². The van der Waals surface area contributed by atoms with E-state index in [2.05, 4.69) is 10.3 Å². The average molecular weight is 569 g/mol. The van der Waals surface area contributed by atoms with Gasteiger partial charge in [-0.15, -0.1) is 0 Å². The predicted molar refractivity (Wildman–Crippen MR) is 139 cm³/mol. The Balaban J connectivity index is 1.26. The molecule has 0 bridgehead atoms. The molecule has 208 valence electrons. The van der Waals surface area contributed by atoms with Gasteiger partial charge in [0.1, 0.15) is 42.2 Å². The molecule has 1 N–H and O–H groups in total. The molecule has 1 aromatic heterocycles. The lowest BCUT2D eigenvalue weighted by atomic mass is 10.2. The number of para-hydroxylation sites is 1. The number of benzene rings is 2. The third-order valence-corrected chi connectivity index (χ3v) is 6.95. The summed E-state index contributed by atoms with van der Waals surface area (Å²) in [5.41, 5.74) is 0.00235. The van der Waals surface area contributed by atoms with E-state index in [-0.39, 0.29) is 31.0 Å². The minimum atomic E-state index is -2.08. The maximum Gasteiger partial charge on any atom is 0.465 e. The first-order chi connectivity index (χ1) is 19.4. The van der Waals surface area contributed by atoms with Crippen LogP contribution in [0.1, 0.15) is 33.4 Å². The molecule has 1 fully saturated rings. The maximum absolute atomic E-state index is 12.8. The van der Waals surface area contributed by atoms with Crippen LogP contribution in [-0.2, 0) is 28.1 Å². The molecule has 13 nitrogen and oxygen atoms in total. The molecule has 1 unspecified atom stereocenters.